The number of hydrogen-bond donors (Lipinski definition) is 1. The molecule has 5 nitrogen and oxygen atoms in total. The molecule has 1 aliphatic heterocycles. The number of amides is 1. The second-order valence-electron chi connectivity index (χ2n) is 6.21. The Morgan fingerprint density at radius 2 is 2.05 bits per heavy atom. The van der Waals surface area contributed by atoms with Gasteiger partial charge in [0, 0.05) is 25.0 Å². The fraction of sp³-hybridized carbons (Fsp3) is 0.750. The number of anilines is 1. The fourth-order valence-electron chi connectivity index (χ4n) is 3.79. The molecule has 1 aromatic rings. The highest BCUT2D eigenvalue weighted by Gasteiger charge is 2.34. The van der Waals surface area contributed by atoms with E-state index in [9.17, 15) is 4.79 Å². The molecule has 1 atom stereocenters. The van der Waals surface area contributed by atoms with Crippen LogP contribution in [-0.2, 0) is 11.3 Å². The normalized spacial score (nSPS) is 24.3. The summed E-state index contributed by atoms with van der Waals surface area (Å²) < 4.78 is 1.97. The first-order valence-corrected chi connectivity index (χ1v) is 8.37. The Labute approximate surface area is 126 Å². The highest BCUT2D eigenvalue weighted by Crippen LogP contribution is 2.29. The molecule has 3 rings (SSSR count). The van der Waals surface area contributed by atoms with Gasteiger partial charge in [0.2, 0.25) is 11.9 Å². The molecule has 0 radical (unpaired) electrons. The van der Waals surface area contributed by atoms with Gasteiger partial charge in [-0.05, 0) is 39.2 Å². The lowest BCUT2D eigenvalue weighted by atomic mass is 9.98. The summed E-state index contributed by atoms with van der Waals surface area (Å²) >= 11 is 0. The molecule has 0 unspecified atom stereocenters. The average molecular weight is 290 g/mol. The highest BCUT2D eigenvalue weighted by molar-refractivity contribution is 5.93. The molecule has 1 aromatic heterocycles. The molecular formula is C16H26N4O. The van der Waals surface area contributed by atoms with Crippen LogP contribution in [0.5, 0.6) is 0 Å². The number of likely N-dealkylation sites (tertiary alicyclic amines) is 1. The van der Waals surface area contributed by atoms with Gasteiger partial charge >= 0.3 is 0 Å². The summed E-state index contributed by atoms with van der Waals surface area (Å²) in [6, 6.07) is 0.649. The Hall–Kier alpha value is -1.36. The van der Waals surface area contributed by atoms with Crippen molar-refractivity contribution in [3.8, 4) is 0 Å². The van der Waals surface area contributed by atoms with E-state index < -0.39 is 0 Å². The minimum absolute atomic E-state index is 0.0313. The third-order valence-corrected chi connectivity index (χ3v) is 4.93. The number of rotatable bonds is 4. The highest BCUT2D eigenvalue weighted by atomic mass is 16.2. The van der Waals surface area contributed by atoms with Crippen LogP contribution in [-0.4, -0.2) is 39.0 Å². The van der Waals surface area contributed by atoms with Gasteiger partial charge in [0.15, 0.2) is 0 Å². The van der Waals surface area contributed by atoms with Crippen molar-refractivity contribution in [1.29, 1.82) is 0 Å². The van der Waals surface area contributed by atoms with Crippen LogP contribution in [0.2, 0.25) is 0 Å². The van der Waals surface area contributed by atoms with Gasteiger partial charge < -0.3 is 4.57 Å². The summed E-state index contributed by atoms with van der Waals surface area (Å²) in [6.07, 6.45) is 12.2. The summed E-state index contributed by atoms with van der Waals surface area (Å²) in [7, 11) is 0. The number of hydrogen-bond acceptors (Lipinski definition) is 3. The molecule has 2 aliphatic rings. The molecule has 21 heavy (non-hydrogen) atoms. The summed E-state index contributed by atoms with van der Waals surface area (Å²) in [6.45, 7) is 3.96. The van der Waals surface area contributed by atoms with E-state index in [2.05, 4.69) is 22.1 Å². The van der Waals surface area contributed by atoms with Crippen LogP contribution < -0.4 is 5.32 Å². The van der Waals surface area contributed by atoms with Crippen molar-refractivity contribution < 1.29 is 4.79 Å². The standard InChI is InChI=1S/C16H26N4O/c1-2-19-12-10-17-16(19)18-15(21)14-9-5-6-11-20(14)13-7-3-4-8-13/h10,12-14H,2-9,11H2,1H3,(H,17,18,21)/t14-/m1/s1. The number of carbonyl (C=O) groups excluding carboxylic acids is 1. The number of nitrogens with zero attached hydrogens (tertiary/aromatic N) is 3. The van der Waals surface area contributed by atoms with Crippen molar-refractivity contribution in [3.05, 3.63) is 12.4 Å². The third kappa shape index (κ3) is 3.12. The summed E-state index contributed by atoms with van der Waals surface area (Å²) in [5, 5.41) is 3.04. The average Bonchev–Trinajstić information content (AvgIpc) is 3.18. The van der Waals surface area contributed by atoms with Gasteiger partial charge in [0.05, 0.1) is 6.04 Å². The second kappa shape index (κ2) is 6.60. The van der Waals surface area contributed by atoms with Crippen LogP contribution in [0, 0.1) is 0 Å². The van der Waals surface area contributed by atoms with E-state index in [1.807, 2.05) is 10.8 Å². The van der Waals surface area contributed by atoms with Crippen LogP contribution in [0.15, 0.2) is 12.4 Å². The van der Waals surface area contributed by atoms with E-state index >= 15 is 0 Å². The maximum Gasteiger partial charge on any atom is 0.244 e. The molecule has 1 aliphatic carbocycles. The third-order valence-electron chi connectivity index (χ3n) is 4.93. The van der Waals surface area contributed by atoms with Crippen molar-refractivity contribution in [1.82, 2.24) is 14.5 Å². The van der Waals surface area contributed by atoms with Gasteiger partial charge in [-0.3, -0.25) is 15.0 Å². The Morgan fingerprint density at radius 1 is 1.29 bits per heavy atom. The van der Waals surface area contributed by atoms with E-state index in [1.54, 1.807) is 6.20 Å². The van der Waals surface area contributed by atoms with E-state index in [-0.39, 0.29) is 11.9 Å². The molecule has 1 N–H and O–H groups in total. The number of aromatic nitrogens is 2. The first kappa shape index (κ1) is 14.6. The number of aryl methyl sites for hydroxylation is 1. The van der Waals surface area contributed by atoms with E-state index in [0.29, 0.717) is 12.0 Å². The zero-order valence-corrected chi connectivity index (χ0v) is 12.9. The molecule has 2 heterocycles. The van der Waals surface area contributed by atoms with Gasteiger partial charge in [-0.25, -0.2) is 4.98 Å². The van der Waals surface area contributed by atoms with Crippen molar-refractivity contribution in [2.45, 2.75) is 70.5 Å². The molecule has 1 amide bonds. The maximum absolute atomic E-state index is 12.7. The van der Waals surface area contributed by atoms with E-state index in [4.69, 9.17) is 0 Å². The molecule has 0 spiro atoms. The molecule has 2 fully saturated rings. The smallest absolute Gasteiger partial charge is 0.244 e. The van der Waals surface area contributed by atoms with Crippen LogP contribution in [0.4, 0.5) is 5.95 Å². The predicted molar refractivity (Wildman–Crippen MR) is 83.1 cm³/mol. The zero-order chi connectivity index (χ0) is 14.7. The summed E-state index contributed by atoms with van der Waals surface area (Å²) in [5.41, 5.74) is 0. The van der Waals surface area contributed by atoms with Gasteiger partial charge in [-0.15, -0.1) is 0 Å². The largest absolute Gasteiger partial charge is 0.317 e. The van der Waals surface area contributed by atoms with Crippen molar-refractivity contribution in [2.24, 2.45) is 0 Å². The summed E-state index contributed by atoms with van der Waals surface area (Å²) in [5.74, 6) is 0.807. The molecule has 116 valence electrons. The van der Waals surface area contributed by atoms with Crippen LogP contribution in [0.1, 0.15) is 51.9 Å². The lowest BCUT2D eigenvalue weighted by Crippen LogP contribution is -2.51. The Morgan fingerprint density at radius 3 is 2.81 bits per heavy atom. The fourth-order valence-corrected chi connectivity index (χ4v) is 3.79. The van der Waals surface area contributed by atoms with E-state index in [1.165, 1.54) is 32.1 Å². The minimum atomic E-state index is 0.0313. The van der Waals surface area contributed by atoms with Crippen molar-refractivity contribution >= 4 is 11.9 Å². The number of nitrogens with one attached hydrogen (secondary N) is 1. The lowest BCUT2D eigenvalue weighted by Gasteiger charge is -2.38. The molecule has 1 saturated heterocycles. The molecule has 0 bridgehead atoms. The first-order valence-electron chi connectivity index (χ1n) is 8.37. The number of piperidine rings is 1. The zero-order valence-electron chi connectivity index (χ0n) is 12.9. The molecule has 1 saturated carbocycles. The van der Waals surface area contributed by atoms with Crippen LogP contribution in [0.3, 0.4) is 0 Å². The molecule has 5 heteroatoms. The Kier molecular flexibility index (Phi) is 4.58. The Balaban J connectivity index is 1.69. The first-order chi connectivity index (χ1) is 10.3. The van der Waals surface area contributed by atoms with Crippen LogP contribution >= 0.6 is 0 Å². The number of imidazole rings is 1. The predicted octanol–water partition coefficient (Wildman–Crippen LogP) is 2.64. The SMILES string of the molecule is CCn1ccnc1NC(=O)[C@H]1CCCCN1C1CCCC1. The monoisotopic (exact) mass is 290 g/mol. The molecule has 0 aromatic carbocycles. The van der Waals surface area contributed by atoms with Crippen LogP contribution in [0.25, 0.3) is 0 Å². The maximum atomic E-state index is 12.7. The van der Waals surface area contributed by atoms with Crippen molar-refractivity contribution in [2.75, 3.05) is 11.9 Å². The molecular weight excluding hydrogens is 264 g/mol. The quantitative estimate of drug-likeness (QED) is 0.927. The second-order valence-corrected chi connectivity index (χ2v) is 6.21. The number of carbonyl (C=O) groups is 1. The van der Waals surface area contributed by atoms with E-state index in [0.717, 1.165) is 25.9 Å². The summed E-state index contributed by atoms with van der Waals surface area (Å²) in [4.78, 5) is 19.4. The minimum Gasteiger partial charge on any atom is -0.317 e. The van der Waals surface area contributed by atoms with Crippen molar-refractivity contribution in [3.63, 3.8) is 0 Å². The Bertz CT molecular complexity index is 478. The topological polar surface area (TPSA) is 50.2 Å². The lowest BCUT2D eigenvalue weighted by molar-refractivity contribution is -0.123. The van der Waals surface area contributed by atoms with Gasteiger partial charge in [0.1, 0.15) is 0 Å². The van der Waals surface area contributed by atoms with Gasteiger partial charge in [-0.1, -0.05) is 19.3 Å². The van der Waals surface area contributed by atoms with Gasteiger partial charge in [0.25, 0.3) is 0 Å². The van der Waals surface area contributed by atoms with Gasteiger partial charge in [-0.2, -0.15) is 0 Å².